The second-order valence-electron chi connectivity index (χ2n) is 7.71. The lowest BCUT2D eigenvalue weighted by Crippen LogP contribution is -2.37. The minimum atomic E-state index is -0.423. The van der Waals surface area contributed by atoms with Gasteiger partial charge in [-0.25, -0.2) is 4.79 Å². The van der Waals surface area contributed by atoms with Crippen LogP contribution in [-0.2, 0) is 11.3 Å². The van der Waals surface area contributed by atoms with E-state index in [9.17, 15) is 9.59 Å². The Morgan fingerprint density at radius 2 is 1.83 bits per heavy atom. The summed E-state index contributed by atoms with van der Waals surface area (Å²) in [6, 6.07) is 16.0. The summed E-state index contributed by atoms with van der Waals surface area (Å²) in [5.41, 5.74) is 3.73. The molecule has 3 aromatic rings. The zero-order valence-electron chi connectivity index (χ0n) is 16.8. The number of para-hydroxylation sites is 2. The van der Waals surface area contributed by atoms with E-state index in [1.807, 2.05) is 18.2 Å². The second kappa shape index (κ2) is 8.66. The molecule has 0 radical (unpaired) electrons. The van der Waals surface area contributed by atoms with Crippen molar-refractivity contribution in [3.63, 3.8) is 0 Å². The highest BCUT2D eigenvalue weighted by molar-refractivity contribution is 5.76. The van der Waals surface area contributed by atoms with Gasteiger partial charge < -0.3 is 9.73 Å². The Labute approximate surface area is 170 Å². The van der Waals surface area contributed by atoms with Crippen LogP contribution in [0.2, 0.25) is 0 Å². The molecule has 6 nitrogen and oxygen atoms in total. The number of nitrogens with zero attached hydrogens (tertiary/aromatic N) is 2. The lowest BCUT2D eigenvalue weighted by atomic mass is 10.0. The van der Waals surface area contributed by atoms with Gasteiger partial charge >= 0.3 is 5.76 Å². The van der Waals surface area contributed by atoms with E-state index < -0.39 is 5.76 Å². The predicted molar refractivity (Wildman–Crippen MR) is 113 cm³/mol. The summed E-state index contributed by atoms with van der Waals surface area (Å²) in [6.07, 6.45) is 2.64. The van der Waals surface area contributed by atoms with Crippen molar-refractivity contribution < 1.29 is 9.21 Å². The third kappa shape index (κ3) is 4.43. The fraction of sp³-hybridized carbons (Fsp3) is 0.391. The first-order valence-corrected chi connectivity index (χ1v) is 10.3. The number of carbonyl (C=O) groups excluding carboxylic acids is 1. The fourth-order valence-corrected chi connectivity index (χ4v) is 4.04. The number of amides is 1. The molecule has 1 aliphatic rings. The second-order valence-corrected chi connectivity index (χ2v) is 7.71. The van der Waals surface area contributed by atoms with Crippen LogP contribution in [0.5, 0.6) is 0 Å². The molecular formula is C23H27N3O3. The van der Waals surface area contributed by atoms with Crippen molar-refractivity contribution >= 4 is 17.0 Å². The van der Waals surface area contributed by atoms with Crippen LogP contribution in [0.25, 0.3) is 11.1 Å². The van der Waals surface area contributed by atoms with E-state index >= 15 is 0 Å². The Hall–Kier alpha value is -2.86. The third-order valence-electron chi connectivity index (χ3n) is 5.67. The Bertz CT molecular complexity index is 1030. The van der Waals surface area contributed by atoms with Crippen LogP contribution < -0.4 is 11.1 Å². The smallest absolute Gasteiger partial charge is 0.408 e. The van der Waals surface area contributed by atoms with Gasteiger partial charge in [0.2, 0.25) is 5.91 Å². The topological polar surface area (TPSA) is 67.5 Å². The largest absolute Gasteiger partial charge is 0.419 e. The Kier molecular flexibility index (Phi) is 5.81. The van der Waals surface area contributed by atoms with E-state index in [1.54, 1.807) is 6.07 Å². The average Bonchev–Trinajstić information content (AvgIpc) is 3.35. The zero-order chi connectivity index (χ0) is 20.2. The fourth-order valence-electron chi connectivity index (χ4n) is 4.04. The molecule has 1 aromatic heterocycles. The van der Waals surface area contributed by atoms with Crippen LogP contribution >= 0.6 is 0 Å². The minimum absolute atomic E-state index is 0.0570. The van der Waals surface area contributed by atoms with Crippen molar-refractivity contribution in [2.24, 2.45) is 0 Å². The Balaban J connectivity index is 1.39. The minimum Gasteiger partial charge on any atom is -0.408 e. The summed E-state index contributed by atoms with van der Waals surface area (Å²) in [6.45, 7) is 5.08. The van der Waals surface area contributed by atoms with Crippen LogP contribution in [0.15, 0.2) is 57.7 Å². The molecule has 4 rings (SSSR count). The summed E-state index contributed by atoms with van der Waals surface area (Å²) >= 11 is 0. The van der Waals surface area contributed by atoms with Crippen LogP contribution in [0.4, 0.5) is 0 Å². The van der Waals surface area contributed by atoms with Crippen molar-refractivity contribution in [1.82, 2.24) is 14.8 Å². The lowest BCUT2D eigenvalue weighted by Gasteiger charge is -2.28. The van der Waals surface area contributed by atoms with Gasteiger partial charge in [0.15, 0.2) is 5.58 Å². The zero-order valence-corrected chi connectivity index (χ0v) is 16.8. The first kappa shape index (κ1) is 19.5. The number of rotatable bonds is 7. The van der Waals surface area contributed by atoms with Gasteiger partial charge in [0.1, 0.15) is 0 Å². The molecule has 2 heterocycles. The van der Waals surface area contributed by atoms with Crippen molar-refractivity contribution in [1.29, 1.82) is 0 Å². The first-order valence-electron chi connectivity index (χ1n) is 10.3. The molecule has 1 atom stereocenters. The number of likely N-dealkylation sites (tertiary alicyclic amines) is 1. The van der Waals surface area contributed by atoms with E-state index in [0.717, 1.165) is 18.6 Å². The molecule has 1 aliphatic heterocycles. The van der Waals surface area contributed by atoms with Crippen molar-refractivity contribution in [2.75, 3.05) is 19.6 Å². The van der Waals surface area contributed by atoms with E-state index in [2.05, 4.69) is 41.4 Å². The molecule has 6 heteroatoms. The number of oxazole rings is 1. The summed E-state index contributed by atoms with van der Waals surface area (Å²) < 4.78 is 6.75. The van der Waals surface area contributed by atoms with E-state index in [0.29, 0.717) is 18.7 Å². The van der Waals surface area contributed by atoms with Gasteiger partial charge in [0.05, 0.1) is 11.6 Å². The molecule has 1 unspecified atom stereocenters. The molecule has 0 aliphatic carbocycles. The molecule has 0 saturated carbocycles. The van der Waals surface area contributed by atoms with Gasteiger partial charge in [-0.15, -0.1) is 0 Å². The van der Waals surface area contributed by atoms with Crippen LogP contribution in [0, 0.1) is 6.92 Å². The highest BCUT2D eigenvalue weighted by Gasteiger charge is 2.24. The molecule has 1 N–H and O–H groups in total. The van der Waals surface area contributed by atoms with Gasteiger partial charge in [0, 0.05) is 19.5 Å². The number of hydrogen-bond acceptors (Lipinski definition) is 4. The lowest BCUT2D eigenvalue weighted by molar-refractivity contribution is -0.121. The molecule has 0 bridgehead atoms. The monoisotopic (exact) mass is 393 g/mol. The molecule has 29 heavy (non-hydrogen) atoms. The van der Waals surface area contributed by atoms with E-state index in [1.165, 1.54) is 28.5 Å². The number of aromatic nitrogens is 1. The van der Waals surface area contributed by atoms with Gasteiger partial charge in [-0.1, -0.05) is 42.0 Å². The highest BCUT2D eigenvalue weighted by atomic mass is 16.4. The molecule has 0 spiro atoms. The third-order valence-corrected chi connectivity index (χ3v) is 5.67. The average molecular weight is 393 g/mol. The van der Waals surface area contributed by atoms with Crippen molar-refractivity contribution in [3.8, 4) is 0 Å². The van der Waals surface area contributed by atoms with Crippen molar-refractivity contribution in [3.05, 3.63) is 70.2 Å². The van der Waals surface area contributed by atoms with Gasteiger partial charge in [-0.2, -0.15) is 0 Å². The SMILES string of the molecule is Cc1ccc(C(CNC(=O)CCn2c(=O)oc3ccccc32)N2CCCC2)cc1. The molecule has 1 saturated heterocycles. The molecule has 1 fully saturated rings. The Morgan fingerprint density at radius 3 is 2.59 bits per heavy atom. The maximum Gasteiger partial charge on any atom is 0.419 e. The normalized spacial score (nSPS) is 15.6. The summed E-state index contributed by atoms with van der Waals surface area (Å²) in [7, 11) is 0. The summed E-state index contributed by atoms with van der Waals surface area (Å²) in [4.78, 5) is 27.0. The van der Waals surface area contributed by atoms with Gasteiger partial charge in [0.25, 0.3) is 0 Å². The summed E-state index contributed by atoms with van der Waals surface area (Å²) in [5, 5.41) is 3.08. The number of carbonyl (C=O) groups is 1. The van der Waals surface area contributed by atoms with Crippen LogP contribution in [0.1, 0.15) is 36.4 Å². The number of aryl methyl sites for hydroxylation is 2. The van der Waals surface area contributed by atoms with Crippen LogP contribution in [0.3, 0.4) is 0 Å². The number of nitrogens with one attached hydrogen (secondary N) is 1. The van der Waals surface area contributed by atoms with Gasteiger partial charge in [-0.05, 0) is 50.6 Å². The molecule has 1 amide bonds. The van der Waals surface area contributed by atoms with Gasteiger partial charge in [-0.3, -0.25) is 14.3 Å². The quantitative estimate of drug-likeness (QED) is 0.669. The number of benzene rings is 2. The van der Waals surface area contributed by atoms with Crippen molar-refractivity contribution in [2.45, 2.75) is 38.8 Å². The summed E-state index contributed by atoms with van der Waals surface area (Å²) in [5.74, 6) is -0.480. The van der Waals surface area contributed by atoms with Crippen LogP contribution in [-0.4, -0.2) is 35.0 Å². The molecule has 2 aromatic carbocycles. The first-order chi connectivity index (χ1) is 14.1. The number of fused-ring (bicyclic) bond motifs is 1. The number of hydrogen-bond donors (Lipinski definition) is 1. The van der Waals surface area contributed by atoms with E-state index in [4.69, 9.17) is 4.42 Å². The predicted octanol–water partition coefficient (Wildman–Crippen LogP) is 3.25. The Morgan fingerprint density at radius 1 is 1.10 bits per heavy atom. The maximum atomic E-state index is 12.5. The van der Waals surface area contributed by atoms with E-state index in [-0.39, 0.29) is 18.4 Å². The maximum absolute atomic E-state index is 12.5. The molecular weight excluding hydrogens is 366 g/mol. The standard InChI is InChI=1S/C23H27N3O3/c1-17-8-10-18(11-9-17)20(25-13-4-5-14-25)16-24-22(27)12-15-26-19-6-2-3-7-21(19)29-23(26)28/h2-3,6-11,20H,4-5,12-16H2,1H3,(H,24,27). The highest BCUT2D eigenvalue weighted by Crippen LogP contribution is 2.25. The molecule has 152 valence electrons.